The average Bonchev–Trinajstić information content (AvgIpc) is 3.06. The first-order chi connectivity index (χ1) is 10.7. The van der Waals surface area contributed by atoms with Crippen molar-refractivity contribution in [2.75, 3.05) is 39.3 Å². The summed E-state index contributed by atoms with van der Waals surface area (Å²) < 4.78 is 0. The van der Waals surface area contributed by atoms with Crippen LogP contribution in [0.1, 0.15) is 13.3 Å². The van der Waals surface area contributed by atoms with Crippen molar-refractivity contribution in [3.05, 3.63) is 30.3 Å². The molecule has 2 heterocycles. The van der Waals surface area contributed by atoms with Crippen molar-refractivity contribution in [1.29, 1.82) is 0 Å². The Morgan fingerprint density at radius 2 is 1.95 bits per heavy atom. The molecule has 1 aromatic carbocycles. The monoisotopic (exact) mass is 319 g/mol. The highest BCUT2D eigenvalue weighted by atomic mass is 32.2. The SMILES string of the molecule is CC(Sc1ccccc1)C(=O)N1CCC(N2CCNCC2)C1. The van der Waals surface area contributed by atoms with Gasteiger partial charge in [-0.2, -0.15) is 0 Å². The molecule has 2 unspecified atom stereocenters. The minimum atomic E-state index is -0.0100. The number of carbonyl (C=O) groups excluding carboxylic acids is 1. The number of benzene rings is 1. The highest BCUT2D eigenvalue weighted by Crippen LogP contribution is 2.26. The molecule has 2 aliphatic heterocycles. The number of piperazine rings is 1. The molecule has 3 rings (SSSR count). The minimum Gasteiger partial charge on any atom is -0.340 e. The smallest absolute Gasteiger partial charge is 0.235 e. The van der Waals surface area contributed by atoms with Crippen LogP contribution in [0.5, 0.6) is 0 Å². The van der Waals surface area contributed by atoms with E-state index in [1.54, 1.807) is 11.8 Å². The van der Waals surface area contributed by atoms with Gasteiger partial charge in [-0.05, 0) is 25.5 Å². The van der Waals surface area contributed by atoms with Gasteiger partial charge in [0.05, 0.1) is 5.25 Å². The number of hydrogen-bond acceptors (Lipinski definition) is 4. The number of likely N-dealkylation sites (tertiary alicyclic amines) is 1. The Morgan fingerprint density at radius 3 is 2.68 bits per heavy atom. The third-order valence-electron chi connectivity index (χ3n) is 4.55. The van der Waals surface area contributed by atoms with Gasteiger partial charge in [-0.3, -0.25) is 9.69 Å². The van der Waals surface area contributed by atoms with E-state index in [9.17, 15) is 4.79 Å². The summed E-state index contributed by atoms with van der Waals surface area (Å²) in [4.78, 5) is 18.4. The average molecular weight is 319 g/mol. The predicted octanol–water partition coefficient (Wildman–Crippen LogP) is 1.67. The third-order valence-corrected chi connectivity index (χ3v) is 5.65. The fourth-order valence-electron chi connectivity index (χ4n) is 3.30. The van der Waals surface area contributed by atoms with Crippen LogP contribution >= 0.6 is 11.8 Å². The van der Waals surface area contributed by atoms with E-state index in [4.69, 9.17) is 0 Å². The Morgan fingerprint density at radius 1 is 1.23 bits per heavy atom. The summed E-state index contributed by atoms with van der Waals surface area (Å²) in [5.74, 6) is 0.284. The lowest BCUT2D eigenvalue weighted by Gasteiger charge is -2.32. The molecule has 0 aliphatic carbocycles. The lowest BCUT2D eigenvalue weighted by Crippen LogP contribution is -2.49. The molecule has 0 spiro atoms. The summed E-state index contributed by atoms with van der Waals surface area (Å²) in [6.07, 6.45) is 1.12. The van der Waals surface area contributed by atoms with E-state index in [1.165, 1.54) is 4.90 Å². The second-order valence-corrected chi connectivity index (χ2v) is 7.50. The zero-order valence-corrected chi connectivity index (χ0v) is 14.0. The van der Waals surface area contributed by atoms with Crippen LogP contribution in [0.4, 0.5) is 0 Å². The van der Waals surface area contributed by atoms with Gasteiger partial charge in [-0.15, -0.1) is 11.8 Å². The molecule has 0 saturated carbocycles. The molecular formula is C17H25N3OS. The van der Waals surface area contributed by atoms with Crippen LogP contribution in [0, 0.1) is 0 Å². The largest absolute Gasteiger partial charge is 0.340 e. The number of nitrogens with one attached hydrogen (secondary N) is 1. The first-order valence-corrected chi connectivity index (χ1v) is 9.07. The van der Waals surface area contributed by atoms with Crippen LogP contribution in [-0.2, 0) is 4.79 Å². The van der Waals surface area contributed by atoms with Crippen molar-refractivity contribution < 1.29 is 4.79 Å². The predicted molar refractivity (Wildman–Crippen MR) is 91.2 cm³/mol. The van der Waals surface area contributed by atoms with Crippen LogP contribution in [0.25, 0.3) is 0 Å². The van der Waals surface area contributed by atoms with Gasteiger partial charge in [0.2, 0.25) is 5.91 Å². The molecule has 2 atom stereocenters. The molecule has 2 aliphatic rings. The molecule has 0 radical (unpaired) electrons. The van der Waals surface area contributed by atoms with Crippen molar-refractivity contribution in [3.8, 4) is 0 Å². The van der Waals surface area contributed by atoms with Gasteiger partial charge in [0.25, 0.3) is 0 Å². The topological polar surface area (TPSA) is 35.6 Å². The lowest BCUT2D eigenvalue weighted by molar-refractivity contribution is -0.129. The van der Waals surface area contributed by atoms with Crippen LogP contribution < -0.4 is 5.32 Å². The maximum Gasteiger partial charge on any atom is 0.235 e. The summed E-state index contributed by atoms with van der Waals surface area (Å²) in [6, 6.07) is 10.8. The van der Waals surface area contributed by atoms with Crippen LogP contribution in [0.3, 0.4) is 0 Å². The van der Waals surface area contributed by atoms with Gasteiger partial charge in [0, 0.05) is 50.2 Å². The highest BCUT2D eigenvalue weighted by Gasteiger charge is 2.32. The minimum absolute atomic E-state index is 0.0100. The van der Waals surface area contributed by atoms with Crippen LogP contribution in [0.15, 0.2) is 35.2 Å². The lowest BCUT2D eigenvalue weighted by atomic mass is 10.2. The number of thioether (sulfide) groups is 1. The number of rotatable bonds is 4. The maximum absolute atomic E-state index is 12.7. The van der Waals surface area contributed by atoms with Gasteiger partial charge >= 0.3 is 0 Å². The van der Waals surface area contributed by atoms with Crippen LogP contribution in [-0.4, -0.2) is 66.3 Å². The second kappa shape index (κ2) is 7.49. The van der Waals surface area contributed by atoms with E-state index in [0.29, 0.717) is 6.04 Å². The Labute approximate surface area is 137 Å². The van der Waals surface area contributed by atoms with E-state index in [2.05, 4.69) is 27.2 Å². The van der Waals surface area contributed by atoms with Crippen molar-refractivity contribution in [2.45, 2.75) is 29.5 Å². The molecule has 4 nitrogen and oxygen atoms in total. The van der Waals surface area contributed by atoms with Gasteiger partial charge in [-0.25, -0.2) is 0 Å². The van der Waals surface area contributed by atoms with E-state index in [-0.39, 0.29) is 11.2 Å². The quantitative estimate of drug-likeness (QED) is 0.857. The molecule has 1 N–H and O–H groups in total. The van der Waals surface area contributed by atoms with Crippen molar-refractivity contribution in [1.82, 2.24) is 15.1 Å². The number of nitrogens with zero attached hydrogens (tertiary/aromatic N) is 2. The van der Waals surface area contributed by atoms with Crippen LogP contribution in [0.2, 0.25) is 0 Å². The third kappa shape index (κ3) is 3.83. The second-order valence-electron chi connectivity index (χ2n) is 6.09. The fourth-order valence-corrected chi connectivity index (χ4v) is 4.27. The molecule has 120 valence electrons. The van der Waals surface area contributed by atoms with Crippen molar-refractivity contribution >= 4 is 17.7 Å². The summed E-state index contributed by atoms with van der Waals surface area (Å²) in [5.41, 5.74) is 0. The zero-order chi connectivity index (χ0) is 15.4. The molecule has 5 heteroatoms. The Hall–Kier alpha value is -1.04. The summed E-state index contributed by atoms with van der Waals surface area (Å²) in [5, 5.41) is 3.38. The molecule has 2 saturated heterocycles. The molecule has 22 heavy (non-hydrogen) atoms. The summed E-state index contributed by atoms with van der Waals surface area (Å²) >= 11 is 1.66. The Balaban J connectivity index is 1.52. The number of carbonyl (C=O) groups is 1. The zero-order valence-electron chi connectivity index (χ0n) is 13.2. The summed E-state index contributed by atoms with van der Waals surface area (Å²) in [6.45, 7) is 8.21. The molecule has 2 fully saturated rings. The van der Waals surface area contributed by atoms with E-state index < -0.39 is 0 Å². The van der Waals surface area contributed by atoms with E-state index >= 15 is 0 Å². The first-order valence-electron chi connectivity index (χ1n) is 8.19. The molecule has 1 amide bonds. The number of hydrogen-bond donors (Lipinski definition) is 1. The van der Waals surface area contributed by atoms with Crippen molar-refractivity contribution in [3.63, 3.8) is 0 Å². The first kappa shape index (κ1) is 15.8. The van der Waals surface area contributed by atoms with Gasteiger partial charge in [0.15, 0.2) is 0 Å². The highest BCUT2D eigenvalue weighted by molar-refractivity contribution is 8.00. The standard InChI is InChI=1S/C17H25N3OS/c1-14(22-16-5-3-2-4-6-16)17(21)20-10-7-15(13-20)19-11-8-18-9-12-19/h2-6,14-15,18H,7-13H2,1H3. The van der Waals surface area contributed by atoms with E-state index in [0.717, 1.165) is 45.7 Å². The van der Waals surface area contributed by atoms with Crippen molar-refractivity contribution in [2.24, 2.45) is 0 Å². The van der Waals surface area contributed by atoms with Gasteiger partial charge < -0.3 is 10.2 Å². The molecule has 0 aromatic heterocycles. The normalized spacial score (nSPS) is 24.4. The van der Waals surface area contributed by atoms with Gasteiger partial charge in [0.1, 0.15) is 0 Å². The molecular weight excluding hydrogens is 294 g/mol. The molecule has 0 bridgehead atoms. The van der Waals surface area contributed by atoms with E-state index in [1.807, 2.05) is 25.1 Å². The van der Waals surface area contributed by atoms with Gasteiger partial charge in [-0.1, -0.05) is 18.2 Å². The Bertz CT molecular complexity index is 490. The number of amides is 1. The Kier molecular flexibility index (Phi) is 5.39. The molecule has 1 aromatic rings. The fraction of sp³-hybridized carbons (Fsp3) is 0.588. The maximum atomic E-state index is 12.7. The summed E-state index contributed by atoms with van der Waals surface area (Å²) in [7, 11) is 0.